The van der Waals surface area contributed by atoms with Crippen LogP contribution in [0.25, 0.3) is 10.1 Å². The lowest BCUT2D eigenvalue weighted by Crippen LogP contribution is -2.30. The molecule has 1 heterocycles. The van der Waals surface area contributed by atoms with Crippen LogP contribution in [-0.4, -0.2) is 50.7 Å². The lowest BCUT2D eigenvalue weighted by molar-refractivity contribution is 0.214. The van der Waals surface area contributed by atoms with Gasteiger partial charge in [0.15, 0.2) is 0 Å². The van der Waals surface area contributed by atoms with E-state index in [1.54, 1.807) is 24.3 Å². The first-order valence-corrected chi connectivity index (χ1v) is 15.5. The highest BCUT2D eigenvalue weighted by Gasteiger charge is 2.27. The monoisotopic (exact) mass is 591 g/mol. The summed E-state index contributed by atoms with van der Waals surface area (Å²) in [4.78, 5) is 12.0. The molecule has 0 bridgehead atoms. The number of sulfonamides is 1. The predicted molar refractivity (Wildman–Crippen MR) is 141 cm³/mol. The van der Waals surface area contributed by atoms with Gasteiger partial charge in [-0.25, -0.2) is 17.4 Å². The molecule has 0 fully saturated rings. The Labute approximate surface area is 228 Å². The summed E-state index contributed by atoms with van der Waals surface area (Å²) in [6.45, 7) is 1.85. The van der Waals surface area contributed by atoms with Crippen LogP contribution in [0.2, 0.25) is 0 Å². The van der Waals surface area contributed by atoms with Crippen molar-refractivity contribution in [3.63, 3.8) is 0 Å². The fourth-order valence-electron chi connectivity index (χ4n) is 3.34. The molecule has 0 spiro atoms. The van der Waals surface area contributed by atoms with Gasteiger partial charge in [-0.1, -0.05) is 0 Å². The van der Waals surface area contributed by atoms with E-state index >= 15 is 0 Å². The van der Waals surface area contributed by atoms with E-state index in [-0.39, 0.29) is 15.5 Å². The summed E-state index contributed by atoms with van der Waals surface area (Å²) in [7, 11) is -8.73. The first-order chi connectivity index (χ1) is 18.6. The number of nitrogens with zero attached hydrogens (tertiary/aromatic N) is 4. The van der Waals surface area contributed by atoms with E-state index in [2.05, 4.69) is 12.1 Å². The Morgan fingerprint density at radius 2 is 1.72 bits per heavy atom. The van der Waals surface area contributed by atoms with Gasteiger partial charge in [-0.3, -0.25) is 4.90 Å². The van der Waals surface area contributed by atoms with E-state index in [0.29, 0.717) is 54.9 Å². The average Bonchev–Trinajstić information content (AvgIpc) is 3.33. The maximum absolute atomic E-state index is 13.7. The predicted octanol–water partition coefficient (Wildman–Crippen LogP) is 3.92. The molecule has 39 heavy (non-hydrogen) atoms. The molecule has 2 aromatic carbocycles. The van der Waals surface area contributed by atoms with Crippen molar-refractivity contribution in [3.05, 3.63) is 53.8 Å². The highest BCUT2D eigenvalue weighted by Crippen LogP contribution is 2.42. The largest absolute Gasteiger partial charge is 0.492 e. The molecule has 2 N–H and O–H groups in total. The summed E-state index contributed by atoms with van der Waals surface area (Å²) in [5.74, 6) is -0.774. The molecule has 0 aliphatic heterocycles. The molecule has 0 saturated heterocycles. The van der Waals surface area contributed by atoms with Gasteiger partial charge in [0.05, 0.1) is 17.7 Å². The van der Waals surface area contributed by atoms with E-state index in [4.69, 9.17) is 25.0 Å². The molecular formula is C24H23FN5O6PS2. The molecule has 0 aliphatic rings. The van der Waals surface area contributed by atoms with Crippen molar-refractivity contribution in [2.24, 2.45) is 0 Å². The third-order valence-electron chi connectivity index (χ3n) is 5.25. The second-order valence-electron chi connectivity index (χ2n) is 8.06. The van der Waals surface area contributed by atoms with E-state index in [1.807, 2.05) is 9.62 Å². The number of nitrogens with one attached hydrogen (secondary N) is 1. The van der Waals surface area contributed by atoms with Gasteiger partial charge in [-0.05, 0) is 41.8 Å². The zero-order chi connectivity index (χ0) is 28.5. The Bertz CT molecular complexity index is 1590. The summed E-state index contributed by atoms with van der Waals surface area (Å²) in [6, 6.07) is 15.2. The fourth-order valence-corrected chi connectivity index (χ4v) is 7.27. The Hall–Kier alpha value is -3.54. The number of fused-ring (bicyclic) bond motifs is 1. The van der Waals surface area contributed by atoms with Crippen molar-refractivity contribution >= 4 is 39.0 Å². The van der Waals surface area contributed by atoms with Crippen LogP contribution < -0.4 is 14.0 Å². The van der Waals surface area contributed by atoms with Gasteiger partial charge in [0.2, 0.25) is 0 Å². The maximum Gasteiger partial charge on any atom is 0.391 e. The minimum absolute atomic E-state index is 0.0988. The number of benzene rings is 2. The molecule has 1 aromatic heterocycles. The van der Waals surface area contributed by atoms with Gasteiger partial charge in [-0.2, -0.15) is 20.5 Å². The number of nitriles is 3. The first kappa shape index (κ1) is 30.0. The van der Waals surface area contributed by atoms with E-state index in [0.717, 1.165) is 29.5 Å². The van der Waals surface area contributed by atoms with Crippen LogP contribution >= 0.6 is 18.9 Å². The van der Waals surface area contributed by atoms with E-state index in [9.17, 15) is 22.3 Å². The van der Waals surface area contributed by atoms with Gasteiger partial charge in [0.25, 0.3) is 10.0 Å². The van der Waals surface area contributed by atoms with E-state index in [1.165, 1.54) is 6.07 Å². The quantitative estimate of drug-likeness (QED) is 0.261. The Morgan fingerprint density at radius 3 is 2.36 bits per heavy atom. The topological polar surface area (TPSA) is 177 Å². The molecule has 0 aliphatic carbocycles. The number of thiophene rings is 1. The highest BCUT2D eigenvalue weighted by molar-refractivity contribution is 7.92. The second kappa shape index (κ2) is 13.5. The summed E-state index contributed by atoms with van der Waals surface area (Å²) >= 11 is 0.953. The van der Waals surface area contributed by atoms with Crippen molar-refractivity contribution in [1.29, 1.82) is 15.8 Å². The molecule has 15 heteroatoms. The zero-order valence-corrected chi connectivity index (χ0v) is 22.9. The van der Waals surface area contributed by atoms with Crippen LogP contribution in [-0.2, 0) is 14.6 Å². The third-order valence-corrected chi connectivity index (χ3v) is 9.51. The molecule has 1 unspecified atom stereocenters. The molecule has 0 saturated carbocycles. The fraction of sp³-hybridized carbons (Fsp3) is 0.292. The summed E-state index contributed by atoms with van der Waals surface area (Å²) in [6.07, 6.45) is -0.291. The van der Waals surface area contributed by atoms with Gasteiger partial charge in [-0.15, -0.1) is 11.3 Å². The van der Waals surface area contributed by atoms with Crippen LogP contribution in [0.3, 0.4) is 0 Å². The lowest BCUT2D eigenvalue weighted by atomic mass is 10.2. The summed E-state index contributed by atoms with van der Waals surface area (Å²) in [5, 5.41) is 26.9. The average molecular weight is 592 g/mol. The number of hydrogen-bond acceptors (Lipinski definition) is 10. The molecule has 3 aromatic rings. The first-order valence-electron chi connectivity index (χ1n) is 11.4. The molecule has 204 valence electrons. The Kier molecular flexibility index (Phi) is 10.4. The SMILES string of the molecule is N#CCCN(CCC#N)CCOc1ccc2sc(S(=O)(=O)NCP(=O)(O)Oc3ccc(C#N)c(F)c3)cc2c1. The minimum Gasteiger partial charge on any atom is -0.492 e. The summed E-state index contributed by atoms with van der Waals surface area (Å²) < 4.78 is 64.9. The van der Waals surface area contributed by atoms with Crippen LogP contribution in [0, 0.1) is 39.8 Å². The summed E-state index contributed by atoms with van der Waals surface area (Å²) in [5.41, 5.74) is -0.276. The number of hydrogen-bond donors (Lipinski definition) is 2. The van der Waals surface area contributed by atoms with Gasteiger partial charge in [0.1, 0.15) is 40.5 Å². The van der Waals surface area contributed by atoms with Crippen LogP contribution in [0.4, 0.5) is 4.39 Å². The number of halogens is 1. The normalized spacial score (nSPS) is 12.8. The minimum atomic E-state index is -4.55. The Balaban J connectivity index is 1.62. The zero-order valence-electron chi connectivity index (χ0n) is 20.4. The molecule has 3 rings (SSSR count). The standard InChI is InChI=1S/C24H23FN5O6PS2/c25-22-15-21(4-3-18(22)16-28)36-37(31,32)17-29-39(33,34)24-14-19-13-20(5-6-23(19)38-24)35-12-11-30(9-1-7-26)10-2-8-27/h3-6,13-15,29H,1-2,9-12,17H2,(H,31,32). The maximum atomic E-state index is 13.7. The van der Waals surface area contributed by atoms with Crippen molar-refractivity contribution in [2.45, 2.75) is 17.1 Å². The lowest BCUT2D eigenvalue weighted by Gasteiger charge is -2.19. The van der Waals surface area contributed by atoms with Gasteiger partial charge >= 0.3 is 7.60 Å². The van der Waals surface area contributed by atoms with Crippen LogP contribution in [0.15, 0.2) is 46.7 Å². The van der Waals surface area contributed by atoms with Crippen molar-refractivity contribution < 1.29 is 31.5 Å². The smallest absolute Gasteiger partial charge is 0.391 e. The molecule has 1 atom stereocenters. The van der Waals surface area contributed by atoms with Crippen molar-refractivity contribution in [1.82, 2.24) is 9.62 Å². The van der Waals surface area contributed by atoms with Crippen molar-refractivity contribution in [3.8, 4) is 29.7 Å². The van der Waals surface area contributed by atoms with Crippen LogP contribution in [0.1, 0.15) is 18.4 Å². The van der Waals surface area contributed by atoms with E-state index < -0.39 is 29.7 Å². The van der Waals surface area contributed by atoms with Crippen LogP contribution in [0.5, 0.6) is 11.5 Å². The number of rotatable bonds is 14. The molecular weight excluding hydrogens is 568 g/mol. The number of ether oxygens (including phenoxy) is 1. The molecule has 11 nitrogen and oxygen atoms in total. The second-order valence-corrected chi connectivity index (χ2v) is 12.9. The molecule has 0 amide bonds. The third kappa shape index (κ3) is 8.74. The molecule has 0 radical (unpaired) electrons. The Morgan fingerprint density at radius 1 is 1.03 bits per heavy atom. The highest BCUT2D eigenvalue weighted by atomic mass is 32.2. The van der Waals surface area contributed by atoms with Crippen molar-refractivity contribution in [2.75, 3.05) is 32.5 Å². The van der Waals surface area contributed by atoms with Gasteiger partial charge in [0, 0.05) is 43.2 Å². The van der Waals surface area contributed by atoms with Gasteiger partial charge < -0.3 is 14.2 Å².